The van der Waals surface area contributed by atoms with E-state index >= 15 is 4.39 Å². The van der Waals surface area contributed by atoms with Crippen molar-refractivity contribution in [2.45, 2.75) is 98.0 Å². The number of benzene rings is 3. The molecule has 1 saturated carbocycles. The molecule has 0 unspecified atom stereocenters. The number of nitrogens with one attached hydrogen (secondary N) is 1. The standard InChI is InChI=1S/C43H50FN3O4/c1-29-36(33-18-19-34(35(44)26-33)40(48)45-27-31-14-8-6-9-15-31)38(47-24-22-43(23-25-47)20-12-13-21-43)37(30(2)46-29)39(51-42(3,4)5)41(49)50-28-32-16-10-7-11-17-32/h6-11,14-19,26,39H,12-13,20-25,27-28H2,1-5H3,(H,45,48)/t39-/m0/s1. The largest absolute Gasteiger partial charge is 0.459 e. The van der Waals surface area contributed by atoms with Crippen LogP contribution in [0.5, 0.6) is 0 Å². The molecule has 1 aromatic heterocycles. The molecule has 6 rings (SSSR count). The summed E-state index contributed by atoms with van der Waals surface area (Å²) < 4.78 is 28.5. The second kappa shape index (κ2) is 15.4. The van der Waals surface area contributed by atoms with E-state index in [0.717, 1.165) is 48.3 Å². The molecule has 1 spiro atoms. The number of aryl methyl sites for hydroxylation is 2. The SMILES string of the molecule is Cc1nc(C)c([C@H](OC(C)(C)C)C(=O)OCc2ccccc2)c(N2CCC3(CCCC3)CC2)c1-c1ccc(C(=O)NCc2ccccc2)c(F)c1. The highest BCUT2D eigenvalue weighted by Gasteiger charge is 2.41. The third kappa shape index (κ3) is 8.50. The highest BCUT2D eigenvalue weighted by Crippen LogP contribution is 2.50. The Morgan fingerprint density at radius 3 is 2.12 bits per heavy atom. The van der Waals surface area contributed by atoms with Crippen LogP contribution in [0.3, 0.4) is 0 Å². The first-order chi connectivity index (χ1) is 24.4. The van der Waals surface area contributed by atoms with Crippen molar-refractivity contribution in [3.63, 3.8) is 0 Å². The molecule has 268 valence electrons. The van der Waals surface area contributed by atoms with Gasteiger partial charge in [-0.25, -0.2) is 9.18 Å². The number of pyridine rings is 1. The van der Waals surface area contributed by atoms with Crippen molar-refractivity contribution < 1.29 is 23.5 Å². The summed E-state index contributed by atoms with van der Waals surface area (Å²) in [6.45, 7) is 11.6. The number of hydrogen-bond acceptors (Lipinski definition) is 6. The molecule has 1 atom stereocenters. The molecular weight excluding hydrogens is 641 g/mol. The van der Waals surface area contributed by atoms with E-state index in [-0.39, 0.29) is 12.2 Å². The smallest absolute Gasteiger partial charge is 0.340 e. The third-order valence-electron chi connectivity index (χ3n) is 10.4. The van der Waals surface area contributed by atoms with Crippen LogP contribution in [-0.2, 0) is 27.4 Å². The first-order valence-electron chi connectivity index (χ1n) is 18.2. The lowest BCUT2D eigenvalue weighted by atomic mass is 9.76. The molecule has 0 radical (unpaired) electrons. The summed E-state index contributed by atoms with van der Waals surface area (Å²) in [6.07, 6.45) is 6.04. The summed E-state index contributed by atoms with van der Waals surface area (Å²) >= 11 is 0. The molecule has 1 aliphatic carbocycles. The second-order valence-electron chi connectivity index (χ2n) is 15.2. The Labute approximate surface area is 301 Å². The van der Waals surface area contributed by atoms with E-state index in [9.17, 15) is 9.59 Å². The van der Waals surface area contributed by atoms with Gasteiger partial charge >= 0.3 is 5.97 Å². The fourth-order valence-corrected chi connectivity index (χ4v) is 7.77. The fraction of sp³-hybridized carbons (Fsp3) is 0.419. The van der Waals surface area contributed by atoms with Gasteiger partial charge in [-0.1, -0.05) is 79.6 Å². The molecule has 51 heavy (non-hydrogen) atoms. The van der Waals surface area contributed by atoms with Crippen LogP contribution in [0.25, 0.3) is 11.1 Å². The number of esters is 1. The summed E-state index contributed by atoms with van der Waals surface area (Å²) in [7, 11) is 0. The van der Waals surface area contributed by atoms with Crippen LogP contribution in [0, 0.1) is 25.1 Å². The van der Waals surface area contributed by atoms with Gasteiger partial charge < -0.3 is 19.7 Å². The summed E-state index contributed by atoms with van der Waals surface area (Å²) in [5.41, 5.74) is 5.57. The predicted octanol–water partition coefficient (Wildman–Crippen LogP) is 9.19. The summed E-state index contributed by atoms with van der Waals surface area (Å²) in [6, 6.07) is 23.9. The molecule has 0 bridgehead atoms. The molecule has 8 heteroatoms. The van der Waals surface area contributed by atoms with Crippen molar-refractivity contribution in [1.29, 1.82) is 0 Å². The van der Waals surface area contributed by atoms with Crippen molar-refractivity contribution >= 4 is 17.6 Å². The number of rotatable bonds is 10. The molecule has 2 aliphatic rings. The average molecular weight is 692 g/mol. The Morgan fingerprint density at radius 1 is 0.882 bits per heavy atom. The van der Waals surface area contributed by atoms with Gasteiger partial charge in [-0.05, 0) is 94.5 Å². The Kier molecular flexibility index (Phi) is 10.9. The van der Waals surface area contributed by atoms with Crippen LogP contribution in [0.4, 0.5) is 10.1 Å². The molecule has 2 heterocycles. The van der Waals surface area contributed by atoms with Gasteiger partial charge in [-0.3, -0.25) is 9.78 Å². The minimum Gasteiger partial charge on any atom is -0.459 e. The number of anilines is 1. The lowest BCUT2D eigenvalue weighted by Gasteiger charge is -2.43. The maximum Gasteiger partial charge on any atom is 0.340 e. The fourth-order valence-electron chi connectivity index (χ4n) is 7.77. The Hall–Kier alpha value is -4.56. The number of piperidine rings is 1. The molecule has 1 aliphatic heterocycles. The van der Waals surface area contributed by atoms with E-state index in [1.165, 1.54) is 37.8 Å². The topological polar surface area (TPSA) is 80.8 Å². The number of aromatic nitrogens is 1. The molecule has 1 amide bonds. The summed E-state index contributed by atoms with van der Waals surface area (Å²) in [4.78, 5) is 34.6. The van der Waals surface area contributed by atoms with E-state index in [0.29, 0.717) is 34.5 Å². The zero-order valence-corrected chi connectivity index (χ0v) is 30.6. The Bertz CT molecular complexity index is 1840. The molecular formula is C43H50FN3O4. The van der Waals surface area contributed by atoms with Gasteiger partial charge in [0, 0.05) is 42.1 Å². The highest BCUT2D eigenvalue weighted by molar-refractivity contribution is 5.96. The van der Waals surface area contributed by atoms with E-state index < -0.39 is 29.4 Å². The lowest BCUT2D eigenvalue weighted by Crippen LogP contribution is -2.40. The van der Waals surface area contributed by atoms with Crippen molar-refractivity contribution in [2.24, 2.45) is 5.41 Å². The number of amides is 1. The highest BCUT2D eigenvalue weighted by atomic mass is 19.1. The van der Waals surface area contributed by atoms with Crippen molar-refractivity contribution in [1.82, 2.24) is 10.3 Å². The van der Waals surface area contributed by atoms with Gasteiger partial charge in [-0.2, -0.15) is 0 Å². The molecule has 1 N–H and O–H groups in total. The van der Waals surface area contributed by atoms with Gasteiger partial charge in [-0.15, -0.1) is 0 Å². The van der Waals surface area contributed by atoms with E-state index in [4.69, 9.17) is 14.5 Å². The van der Waals surface area contributed by atoms with Gasteiger partial charge in [0.05, 0.1) is 16.9 Å². The lowest BCUT2D eigenvalue weighted by molar-refractivity contribution is -0.168. The molecule has 1 saturated heterocycles. The van der Waals surface area contributed by atoms with Crippen molar-refractivity contribution in [3.8, 4) is 11.1 Å². The number of ether oxygens (including phenoxy) is 2. The summed E-state index contributed by atoms with van der Waals surface area (Å²) in [5, 5.41) is 2.84. The zero-order chi connectivity index (χ0) is 36.2. The minimum absolute atomic E-state index is 0.0336. The van der Waals surface area contributed by atoms with Crippen LogP contribution in [0.1, 0.15) is 104 Å². The Morgan fingerprint density at radius 2 is 1.51 bits per heavy atom. The maximum atomic E-state index is 16.0. The minimum atomic E-state index is -1.08. The first-order valence-corrected chi connectivity index (χ1v) is 18.2. The van der Waals surface area contributed by atoms with E-state index in [1.807, 2.05) is 95.3 Å². The second-order valence-corrected chi connectivity index (χ2v) is 15.2. The third-order valence-corrected chi connectivity index (χ3v) is 10.4. The molecule has 7 nitrogen and oxygen atoms in total. The first kappa shape index (κ1) is 36.2. The molecule has 3 aromatic carbocycles. The quantitative estimate of drug-likeness (QED) is 0.167. The number of carbonyl (C=O) groups is 2. The van der Waals surface area contributed by atoms with Crippen LogP contribution in [0.2, 0.25) is 0 Å². The predicted molar refractivity (Wildman–Crippen MR) is 199 cm³/mol. The van der Waals surface area contributed by atoms with Crippen molar-refractivity contribution in [2.75, 3.05) is 18.0 Å². The van der Waals surface area contributed by atoms with Gasteiger partial charge in [0.15, 0.2) is 6.10 Å². The summed E-state index contributed by atoms with van der Waals surface area (Å²) in [5.74, 6) is -1.62. The van der Waals surface area contributed by atoms with Crippen molar-refractivity contribution in [3.05, 3.63) is 118 Å². The monoisotopic (exact) mass is 691 g/mol. The number of nitrogens with zero attached hydrogens (tertiary/aromatic N) is 2. The average Bonchev–Trinajstić information content (AvgIpc) is 3.57. The van der Waals surface area contributed by atoms with Crippen LogP contribution < -0.4 is 10.2 Å². The Balaban J connectivity index is 1.41. The van der Waals surface area contributed by atoms with Gasteiger partial charge in [0.1, 0.15) is 12.4 Å². The zero-order valence-electron chi connectivity index (χ0n) is 30.6. The van der Waals surface area contributed by atoms with Crippen LogP contribution in [0.15, 0.2) is 78.9 Å². The molecule has 2 fully saturated rings. The van der Waals surface area contributed by atoms with Crippen LogP contribution >= 0.6 is 0 Å². The molecule has 4 aromatic rings. The number of hydrogen-bond donors (Lipinski definition) is 1. The van der Waals surface area contributed by atoms with E-state index in [2.05, 4.69) is 10.2 Å². The van der Waals surface area contributed by atoms with Gasteiger partial charge in [0.2, 0.25) is 0 Å². The maximum absolute atomic E-state index is 16.0. The van der Waals surface area contributed by atoms with Gasteiger partial charge in [0.25, 0.3) is 5.91 Å². The van der Waals surface area contributed by atoms with E-state index in [1.54, 1.807) is 6.07 Å². The number of carbonyl (C=O) groups excluding carboxylic acids is 2. The van der Waals surface area contributed by atoms with Crippen LogP contribution in [-0.4, -0.2) is 35.6 Å². The normalized spacial score (nSPS) is 16.2. The number of halogens is 1.